The number of rotatable bonds is 5. The molecule has 120 valence electrons. The Balaban J connectivity index is 2.15. The molecule has 1 aliphatic rings. The minimum Gasteiger partial charge on any atom is -0.481 e. The third-order valence-electron chi connectivity index (χ3n) is 4.29. The lowest BCUT2D eigenvalue weighted by molar-refractivity contribution is -0.143. The molecule has 1 aliphatic heterocycles. The van der Waals surface area contributed by atoms with Crippen LogP contribution < -0.4 is 5.32 Å². The van der Waals surface area contributed by atoms with Crippen LogP contribution in [0.5, 0.6) is 0 Å². The van der Waals surface area contributed by atoms with Crippen LogP contribution in [0.15, 0.2) is 30.3 Å². The van der Waals surface area contributed by atoms with Crippen LogP contribution in [0, 0.1) is 11.8 Å². The number of ether oxygens (including phenoxy) is 1. The highest BCUT2D eigenvalue weighted by atomic mass is 16.5. The fourth-order valence-electron chi connectivity index (χ4n) is 2.83. The summed E-state index contributed by atoms with van der Waals surface area (Å²) in [7, 11) is 0. The number of hydrogen-bond donors (Lipinski definition) is 2. The highest BCUT2D eigenvalue weighted by molar-refractivity contribution is 5.81. The van der Waals surface area contributed by atoms with Gasteiger partial charge in [0.15, 0.2) is 0 Å². The summed E-state index contributed by atoms with van der Waals surface area (Å²) in [5.74, 6) is -1.98. The van der Waals surface area contributed by atoms with E-state index >= 15 is 0 Å². The molecule has 2 N–H and O–H groups in total. The van der Waals surface area contributed by atoms with Gasteiger partial charge in [0.2, 0.25) is 5.91 Å². The fourth-order valence-corrected chi connectivity index (χ4v) is 2.83. The molecule has 5 nitrogen and oxygen atoms in total. The van der Waals surface area contributed by atoms with Crippen molar-refractivity contribution in [2.45, 2.75) is 38.8 Å². The summed E-state index contributed by atoms with van der Waals surface area (Å²) in [4.78, 5) is 23.9. The second-order valence-electron chi connectivity index (χ2n) is 5.85. The van der Waals surface area contributed by atoms with E-state index in [1.54, 1.807) is 6.92 Å². The van der Waals surface area contributed by atoms with Crippen molar-refractivity contribution in [3.05, 3.63) is 35.9 Å². The Morgan fingerprint density at radius 2 is 2.00 bits per heavy atom. The normalized spacial score (nSPS) is 24.3. The van der Waals surface area contributed by atoms with Crippen molar-refractivity contribution >= 4 is 11.9 Å². The number of carboxylic acid groups (broad SMARTS) is 1. The summed E-state index contributed by atoms with van der Waals surface area (Å²) in [5, 5.41) is 12.2. The molecular formula is C17H23NO4. The van der Waals surface area contributed by atoms with Crippen molar-refractivity contribution in [3.63, 3.8) is 0 Å². The number of carbonyl (C=O) groups excluding carboxylic acids is 1. The van der Waals surface area contributed by atoms with Crippen molar-refractivity contribution in [2.75, 3.05) is 6.61 Å². The molecule has 1 saturated heterocycles. The number of amides is 1. The van der Waals surface area contributed by atoms with Crippen LogP contribution in [-0.4, -0.2) is 29.7 Å². The molecule has 0 aliphatic carbocycles. The standard InChI is InChI=1S/C17H23NO4/c1-11(17(20)21)15(13-7-4-3-5-8-13)18-16(19)14-9-6-10-22-12(14)2/h3-5,7-8,11-12,14-15H,6,9-10H2,1-2H3,(H,18,19)(H,20,21). The van der Waals surface area contributed by atoms with Crippen LogP contribution in [0.25, 0.3) is 0 Å². The molecule has 4 atom stereocenters. The molecule has 1 amide bonds. The quantitative estimate of drug-likeness (QED) is 0.876. The lowest BCUT2D eigenvalue weighted by Crippen LogP contribution is -2.44. The zero-order valence-corrected chi connectivity index (χ0v) is 13.0. The maximum atomic E-state index is 12.5. The van der Waals surface area contributed by atoms with Crippen LogP contribution in [0.2, 0.25) is 0 Å². The number of aliphatic carboxylic acids is 1. The second kappa shape index (κ2) is 7.40. The average Bonchev–Trinajstić information content (AvgIpc) is 2.53. The Bertz CT molecular complexity index is 517. The Morgan fingerprint density at radius 3 is 2.59 bits per heavy atom. The zero-order valence-electron chi connectivity index (χ0n) is 13.0. The van der Waals surface area contributed by atoms with E-state index in [-0.39, 0.29) is 17.9 Å². The summed E-state index contributed by atoms with van der Waals surface area (Å²) in [6.07, 6.45) is 1.49. The van der Waals surface area contributed by atoms with E-state index < -0.39 is 17.9 Å². The van der Waals surface area contributed by atoms with E-state index in [1.807, 2.05) is 37.3 Å². The summed E-state index contributed by atoms with van der Waals surface area (Å²) in [5.41, 5.74) is 0.801. The van der Waals surface area contributed by atoms with Gasteiger partial charge in [0.25, 0.3) is 0 Å². The van der Waals surface area contributed by atoms with Crippen molar-refractivity contribution in [1.82, 2.24) is 5.32 Å². The van der Waals surface area contributed by atoms with E-state index in [9.17, 15) is 14.7 Å². The van der Waals surface area contributed by atoms with Gasteiger partial charge in [-0.2, -0.15) is 0 Å². The molecular weight excluding hydrogens is 282 g/mol. The van der Waals surface area contributed by atoms with E-state index in [1.165, 1.54) is 0 Å². The summed E-state index contributed by atoms with van der Waals surface area (Å²) < 4.78 is 5.53. The Morgan fingerprint density at radius 1 is 1.32 bits per heavy atom. The number of carbonyl (C=O) groups is 2. The SMILES string of the molecule is CC1OCCCC1C(=O)NC(c1ccccc1)C(C)C(=O)O. The molecule has 0 saturated carbocycles. The molecule has 2 rings (SSSR count). The molecule has 1 aromatic carbocycles. The second-order valence-corrected chi connectivity index (χ2v) is 5.85. The molecule has 0 radical (unpaired) electrons. The monoisotopic (exact) mass is 305 g/mol. The maximum absolute atomic E-state index is 12.5. The fraction of sp³-hybridized carbons (Fsp3) is 0.529. The molecule has 4 unspecified atom stereocenters. The highest BCUT2D eigenvalue weighted by Crippen LogP contribution is 2.26. The van der Waals surface area contributed by atoms with Gasteiger partial charge in [-0.05, 0) is 32.3 Å². The summed E-state index contributed by atoms with van der Waals surface area (Å²) in [6, 6.07) is 8.69. The van der Waals surface area contributed by atoms with Gasteiger partial charge in [-0.15, -0.1) is 0 Å². The Labute approximate surface area is 130 Å². The van der Waals surface area contributed by atoms with Crippen LogP contribution in [-0.2, 0) is 14.3 Å². The number of hydrogen-bond acceptors (Lipinski definition) is 3. The van der Waals surface area contributed by atoms with Crippen molar-refractivity contribution in [1.29, 1.82) is 0 Å². The lowest BCUT2D eigenvalue weighted by Gasteiger charge is -2.31. The average molecular weight is 305 g/mol. The third kappa shape index (κ3) is 3.85. The predicted octanol–water partition coefficient (Wildman–Crippen LogP) is 2.38. The Kier molecular flexibility index (Phi) is 5.55. The van der Waals surface area contributed by atoms with Crippen LogP contribution >= 0.6 is 0 Å². The van der Waals surface area contributed by atoms with E-state index in [4.69, 9.17) is 4.74 Å². The number of carboxylic acids is 1. The first-order valence-corrected chi connectivity index (χ1v) is 7.70. The molecule has 1 fully saturated rings. The zero-order chi connectivity index (χ0) is 16.1. The molecule has 0 aromatic heterocycles. The van der Waals surface area contributed by atoms with Gasteiger partial charge in [-0.3, -0.25) is 9.59 Å². The van der Waals surface area contributed by atoms with Gasteiger partial charge in [0.05, 0.1) is 24.0 Å². The Hall–Kier alpha value is -1.88. The molecule has 0 spiro atoms. The topological polar surface area (TPSA) is 75.6 Å². The van der Waals surface area contributed by atoms with Gasteiger partial charge < -0.3 is 15.2 Å². The van der Waals surface area contributed by atoms with Crippen molar-refractivity contribution in [3.8, 4) is 0 Å². The van der Waals surface area contributed by atoms with E-state index in [2.05, 4.69) is 5.32 Å². The van der Waals surface area contributed by atoms with Gasteiger partial charge in [-0.25, -0.2) is 0 Å². The van der Waals surface area contributed by atoms with E-state index in [0.717, 1.165) is 18.4 Å². The van der Waals surface area contributed by atoms with Gasteiger partial charge in [0, 0.05) is 6.61 Å². The first-order valence-electron chi connectivity index (χ1n) is 7.70. The number of nitrogens with one attached hydrogen (secondary N) is 1. The van der Waals surface area contributed by atoms with Crippen LogP contribution in [0.1, 0.15) is 38.3 Å². The third-order valence-corrected chi connectivity index (χ3v) is 4.29. The van der Waals surface area contributed by atoms with Crippen LogP contribution in [0.3, 0.4) is 0 Å². The first-order chi connectivity index (χ1) is 10.5. The number of benzene rings is 1. The molecule has 5 heteroatoms. The smallest absolute Gasteiger partial charge is 0.308 e. The minimum absolute atomic E-state index is 0.130. The largest absolute Gasteiger partial charge is 0.481 e. The lowest BCUT2D eigenvalue weighted by atomic mass is 9.91. The van der Waals surface area contributed by atoms with Gasteiger partial charge >= 0.3 is 5.97 Å². The first kappa shape index (κ1) is 16.5. The van der Waals surface area contributed by atoms with Crippen molar-refractivity contribution in [2.24, 2.45) is 11.8 Å². The predicted molar refractivity (Wildman–Crippen MR) is 82.3 cm³/mol. The molecule has 0 bridgehead atoms. The summed E-state index contributed by atoms with van der Waals surface area (Å²) in [6.45, 7) is 4.18. The maximum Gasteiger partial charge on any atom is 0.308 e. The summed E-state index contributed by atoms with van der Waals surface area (Å²) >= 11 is 0. The van der Waals surface area contributed by atoms with Crippen LogP contribution in [0.4, 0.5) is 0 Å². The minimum atomic E-state index is -0.929. The highest BCUT2D eigenvalue weighted by Gasteiger charge is 2.33. The van der Waals surface area contributed by atoms with Gasteiger partial charge in [-0.1, -0.05) is 30.3 Å². The molecule has 1 heterocycles. The molecule has 1 aromatic rings. The molecule has 22 heavy (non-hydrogen) atoms. The van der Waals surface area contributed by atoms with E-state index in [0.29, 0.717) is 6.61 Å². The van der Waals surface area contributed by atoms with Crippen molar-refractivity contribution < 1.29 is 19.4 Å². The van der Waals surface area contributed by atoms with Gasteiger partial charge in [0.1, 0.15) is 0 Å².